The quantitative estimate of drug-likeness (QED) is 0.559. The summed E-state index contributed by atoms with van der Waals surface area (Å²) in [5.41, 5.74) is 3.11. The number of benzene rings is 1. The van der Waals surface area contributed by atoms with Crippen molar-refractivity contribution in [2.75, 3.05) is 6.54 Å². The highest BCUT2D eigenvalue weighted by Crippen LogP contribution is 2.18. The number of nitrogens with one attached hydrogen (secondary N) is 1. The highest BCUT2D eigenvalue weighted by Gasteiger charge is 2.16. The lowest BCUT2D eigenvalue weighted by atomic mass is 10.1. The van der Waals surface area contributed by atoms with Crippen LogP contribution in [0, 0.1) is 12.8 Å². The second-order valence-corrected chi connectivity index (χ2v) is 6.83. The first-order chi connectivity index (χ1) is 13.6. The fraction of sp³-hybridized carbons (Fsp3) is 0.250. The Hall–Kier alpha value is -3.55. The Kier molecular flexibility index (Phi) is 4.84. The van der Waals surface area contributed by atoms with Crippen molar-refractivity contribution in [2.24, 2.45) is 5.92 Å². The van der Waals surface area contributed by atoms with E-state index in [9.17, 15) is 4.79 Å². The van der Waals surface area contributed by atoms with Gasteiger partial charge in [-0.1, -0.05) is 37.3 Å². The molecule has 0 saturated heterocycles. The van der Waals surface area contributed by atoms with E-state index in [2.05, 4.69) is 32.4 Å². The number of aromatic nitrogens is 6. The number of nitrogens with zero attached hydrogens (tertiary/aromatic N) is 6. The van der Waals surface area contributed by atoms with Crippen molar-refractivity contribution in [3.63, 3.8) is 0 Å². The molecule has 1 aromatic carbocycles. The summed E-state index contributed by atoms with van der Waals surface area (Å²) in [4.78, 5) is 21.5. The van der Waals surface area contributed by atoms with Crippen LogP contribution in [-0.2, 0) is 6.54 Å². The van der Waals surface area contributed by atoms with Crippen LogP contribution in [0.2, 0.25) is 0 Å². The van der Waals surface area contributed by atoms with Crippen LogP contribution in [0.5, 0.6) is 0 Å². The largest absolute Gasteiger partial charge is 0.350 e. The van der Waals surface area contributed by atoms with E-state index < -0.39 is 0 Å². The topological polar surface area (TPSA) is 90.0 Å². The molecule has 0 radical (unpaired) electrons. The van der Waals surface area contributed by atoms with Gasteiger partial charge in [0.15, 0.2) is 0 Å². The average molecular weight is 375 g/mol. The fourth-order valence-electron chi connectivity index (χ4n) is 3.04. The monoisotopic (exact) mass is 375 g/mol. The lowest BCUT2D eigenvalue weighted by Gasteiger charge is -2.14. The minimum atomic E-state index is -0.209. The minimum Gasteiger partial charge on any atom is -0.350 e. The molecule has 1 amide bonds. The molecule has 1 N–H and O–H groups in total. The van der Waals surface area contributed by atoms with Crippen molar-refractivity contribution in [1.82, 2.24) is 34.7 Å². The van der Waals surface area contributed by atoms with Crippen molar-refractivity contribution >= 4 is 11.7 Å². The molecule has 0 saturated carbocycles. The molecule has 0 bridgehead atoms. The van der Waals surface area contributed by atoms with Gasteiger partial charge in [0.1, 0.15) is 12.0 Å². The molecule has 8 nitrogen and oxygen atoms in total. The summed E-state index contributed by atoms with van der Waals surface area (Å²) in [5, 5.41) is 11.4. The van der Waals surface area contributed by atoms with Crippen LogP contribution in [0.1, 0.15) is 23.1 Å². The molecule has 0 spiro atoms. The van der Waals surface area contributed by atoms with Gasteiger partial charge >= 0.3 is 0 Å². The van der Waals surface area contributed by atoms with Crippen molar-refractivity contribution in [2.45, 2.75) is 20.4 Å². The van der Waals surface area contributed by atoms with Gasteiger partial charge in [0, 0.05) is 30.5 Å². The second-order valence-electron chi connectivity index (χ2n) is 6.83. The van der Waals surface area contributed by atoms with Crippen molar-refractivity contribution in [3.05, 3.63) is 66.4 Å². The number of hydrogen-bond acceptors (Lipinski definition) is 5. The van der Waals surface area contributed by atoms with Crippen LogP contribution in [-0.4, -0.2) is 41.8 Å². The lowest BCUT2D eigenvalue weighted by molar-refractivity contribution is 0.0939. The fourth-order valence-corrected chi connectivity index (χ4v) is 3.04. The van der Waals surface area contributed by atoms with E-state index in [1.165, 1.54) is 10.8 Å². The molecule has 0 fully saturated rings. The summed E-state index contributed by atoms with van der Waals surface area (Å²) in [6, 6.07) is 13.4. The zero-order valence-corrected chi connectivity index (χ0v) is 15.8. The summed E-state index contributed by atoms with van der Waals surface area (Å²) in [6.45, 7) is 5.36. The zero-order chi connectivity index (χ0) is 19.5. The Bertz CT molecular complexity index is 1100. The molecule has 4 aromatic rings. The number of amides is 1. The van der Waals surface area contributed by atoms with E-state index in [1.54, 1.807) is 12.3 Å². The number of hydrogen-bond donors (Lipinski definition) is 1. The molecule has 0 aliphatic heterocycles. The summed E-state index contributed by atoms with van der Waals surface area (Å²) >= 11 is 0. The number of carbonyl (C=O) groups excluding carboxylic acids is 1. The Morgan fingerprint density at radius 3 is 2.75 bits per heavy atom. The van der Waals surface area contributed by atoms with E-state index >= 15 is 0 Å². The molecule has 0 unspecified atom stereocenters. The SMILES string of the molecule is Cc1ccnn1C[C@@H](C)CNC(=O)c1cc(-c2ccccc2)nc2ncnn12. The first-order valence-electron chi connectivity index (χ1n) is 9.14. The normalized spacial score (nSPS) is 12.2. The van der Waals surface area contributed by atoms with E-state index in [0.717, 1.165) is 17.8 Å². The first kappa shape index (κ1) is 17.8. The smallest absolute Gasteiger partial charge is 0.270 e. The van der Waals surface area contributed by atoms with Gasteiger partial charge in [0.25, 0.3) is 11.7 Å². The number of carbonyl (C=O) groups is 1. The maximum absolute atomic E-state index is 12.9. The molecule has 0 aliphatic carbocycles. The average Bonchev–Trinajstić information content (AvgIpc) is 3.35. The third-order valence-corrected chi connectivity index (χ3v) is 4.58. The first-order valence-corrected chi connectivity index (χ1v) is 9.14. The highest BCUT2D eigenvalue weighted by atomic mass is 16.2. The van der Waals surface area contributed by atoms with Crippen molar-refractivity contribution in [3.8, 4) is 11.3 Å². The molecule has 3 aromatic heterocycles. The molecule has 8 heteroatoms. The number of fused-ring (bicyclic) bond motifs is 1. The van der Waals surface area contributed by atoms with Crippen LogP contribution in [0.4, 0.5) is 0 Å². The Morgan fingerprint density at radius 2 is 2.00 bits per heavy atom. The van der Waals surface area contributed by atoms with Gasteiger partial charge in [0.2, 0.25) is 0 Å². The zero-order valence-electron chi connectivity index (χ0n) is 15.8. The van der Waals surface area contributed by atoms with Crippen LogP contribution < -0.4 is 5.32 Å². The Balaban J connectivity index is 1.53. The Morgan fingerprint density at radius 1 is 1.18 bits per heavy atom. The van der Waals surface area contributed by atoms with Crippen LogP contribution in [0.15, 0.2) is 55.0 Å². The standard InChI is InChI=1S/C20H21N7O/c1-14(12-26-15(2)8-9-23-26)11-21-19(28)18-10-17(16-6-4-3-5-7-16)25-20-22-13-24-27(18)20/h3-10,13-14H,11-12H2,1-2H3,(H,21,28)/t14-/m0/s1. The molecule has 3 heterocycles. The molecule has 1 atom stereocenters. The van der Waals surface area contributed by atoms with Gasteiger partial charge in [-0.15, -0.1) is 0 Å². The summed E-state index contributed by atoms with van der Waals surface area (Å²) in [5.74, 6) is 0.412. The summed E-state index contributed by atoms with van der Waals surface area (Å²) < 4.78 is 3.40. The predicted octanol–water partition coefficient (Wildman–Crippen LogP) is 2.36. The molecule has 142 valence electrons. The van der Waals surface area contributed by atoms with Gasteiger partial charge in [-0.05, 0) is 25.0 Å². The summed E-state index contributed by atoms with van der Waals surface area (Å²) in [7, 11) is 0. The van der Waals surface area contributed by atoms with E-state index in [1.807, 2.05) is 48.0 Å². The molecule has 0 aliphatic rings. The molecular formula is C20H21N7O. The Labute approximate surface area is 162 Å². The van der Waals surface area contributed by atoms with E-state index in [4.69, 9.17) is 0 Å². The van der Waals surface area contributed by atoms with Gasteiger partial charge in [0.05, 0.1) is 5.69 Å². The van der Waals surface area contributed by atoms with Crippen LogP contribution in [0.3, 0.4) is 0 Å². The minimum absolute atomic E-state index is 0.209. The van der Waals surface area contributed by atoms with Crippen molar-refractivity contribution in [1.29, 1.82) is 0 Å². The van der Waals surface area contributed by atoms with Gasteiger partial charge in [-0.2, -0.15) is 19.7 Å². The van der Waals surface area contributed by atoms with Crippen molar-refractivity contribution < 1.29 is 4.79 Å². The van der Waals surface area contributed by atoms with Gasteiger partial charge in [-0.3, -0.25) is 9.48 Å². The predicted molar refractivity (Wildman–Crippen MR) is 105 cm³/mol. The molecule has 4 rings (SSSR count). The highest BCUT2D eigenvalue weighted by molar-refractivity contribution is 5.94. The second kappa shape index (κ2) is 7.59. The number of rotatable bonds is 6. The van der Waals surface area contributed by atoms with E-state index in [0.29, 0.717) is 23.7 Å². The van der Waals surface area contributed by atoms with Crippen LogP contribution in [0.25, 0.3) is 17.0 Å². The van der Waals surface area contributed by atoms with Gasteiger partial charge in [-0.25, -0.2) is 4.98 Å². The summed E-state index contributed by atoms with van der Waals surface area (Å²) in [6.07, 6.45) is 3.18. The maximum Gasteiger partial charge on any atom is 0.270 e. The third-order valence-electron chi connectivity index (χ3n) is 4.58. The van der Waals surface area contributed by atoms with E-state index in [-0.39, 0.29) is 11.8 Å². The lowest BCUT2D eigenvalue weighted by Crippen LogP contribution is -2.31. The van der Waals surface area contributed by atoms with Gasteiger partial charge < -0.3 is 5.32 Å². The van der Waals surface area contributed by atoms with Crippen LogP contribution >= 0.6 is 0 Å². The maximum atomic E-state index is 12.9. The molecule has 28 heavy (non-hydrogen) atoms. The number of aryl methyl sites for hydroxylation is 1. The third kappa shape index (κ3) is 3.62. The molecular weight excluding hydrogens is 354 g/mol.